The molecule has 0 amide bonds. The number of hydrogen-bond acceptors (Lipinski definition) is 5. The van der Waals surface area contributed by atoms with Gasteiger partial charge in [0.1, 0.15) is 5.75 Å². The smallest absolute Gasteiger partial charge is 0.264 e. The van der Waals surface area contributed by atoms with Gasteiger partial charge in [0.05, 0.1) is 12.4 Å². The van der Waals surface area contributed by atoms with Crippen molar-refractivity contribution in [3.8, 4) is 5.75 Å². The van der Waals surface area contributed by atoms with Crippen LogP contribution in [0.1, 0.15) is 64.9 Å². The third-order valence-corrected chi connectivity index (χ3v) is 13.7. The first-order valence-corrected chi connectivity index (χ1v) is 17.4. The minimum Gasteiger partial charge on any atom is -0.543 e. The van der Waals surface area contributed by atoms with E-state index in [4.69, 9.17) is 8.61 Å². The molecule has 0 aromatic heterocycles. The summed E-state index contributed by atoms with van der Waals surface area (Å²) < 4.78 is 36.1. The zero-order valence-electron chi connectivity index (χ0n) is 21.4. The van der Waals surface area contributed by atoms with Crippen LogP contribution in [0, 0.1) is 11.8 Å². The van der Waals surface area contributed by atoms with Crippen molar-refractivity contribution < 1.29 is 17.0 Å². The van der Waals surface area contributed by atoms with Gasteiger partial charge in [-0.15, -0.1) is 0 Å². The van der Waals surface area contributed by atoms with Crippen LogP contribution in [0.3, 0.4) is 0 Å². The van der Waals surface area contributed by atoms with E-state index in [2.05, 4.69) is 63.0 Å². The molecule has 2 aliphatic carbocycles. The molecule has 4 rings (SSSR count). The predicted molar refractivity (Wildman–Crippen MR) is 137 cm³/mol. The SMILES string of the molecule is CC(C)(C)[Si](C)(C)Oc1cccc([C@@]23CCN(CC4CC4)C[C@H]2CC[C@@H](OS(C)(=O)=O)C3)c1. The standard InChI is InChI=1S/C26H43NO4SSi/c1-25(2,3)33(5,6)31-23-9-7-8-21(16-23)26-14-15-27(18-20-10-11-20)19-22(26)12-13-24(17-26)30-32(4,28)29/h7-9,16,20,22,24H,10-15,17-19H2,1-6H3/t22-,24-,26+/m1/s1. The van der Waals surface area contributed by atoms with Crippen LogP contribution in [-0.4, -0.2) is 53.6 Å². The second kappa shape index (κ2) is 8.96. The van der Waals surface area contributed by atoms with E-state index in [0.29, 0.717) is 5.92 Å². The molecule has 0 bridgehead atoms. The normalized spacial score (nSPS) is 29.5. The van der Waals surface area contributed by atoms with Crippen LogP contribution in [0.4, 0.5) is 0 Å². The average molecular weight is 494 g/mol. The molecule has 5 nitrogen and oxygen atoms in total. The Balaban J connectivity index is 1.63. The number of fused-ring (bicyclic) bond motifs is 1. The van der Waals surface area contributed by atoms with Crippen molar-refractivity contribution in [2.24, 2.45) is 11.8 Å². The first-order valence-electron chi connectivity index (χ1n) is 12.7. The second-order valence-electron chi connectivity index (χ2n) is 12.4. The van der Waals surface area contributed by atoms with Gasteiger partial charge in [-0.3, -0.25) is 4.18 Å². The van der Waals surface area contributed by atoms with Gasteiger partial charge < -0.3 is 9.33 Å². The van der Waals surface area contributed by atoms with Crippen LogP contribution in [0.2, 0.25) is 18.1 Å². The molecule has 2 saturated carbocycles. The number of nitrogens with zero attached hydrogens (tertiary/aromatic N) is 1. The van der Waals surface area contributed by atoms with E-state index in [-0.39, 0.29) is 16.6 Å². The lowest BCUT2D eigenvalue weighted by Gasteiger charge is -2.53. The molecule has 7 heteroatoms. The summed E-state index contributed by atoms with van der Waals surface area (Å²) in [4.78, 5) is 2.66. The minimum absolute atomic E-state index is 0.0551. The Bertz CT molecular complexity index is 953. The van der Waals surface area contributed by atoms with Crippen molar-refractivity contribution in [2.45, 2.75) is 88.9 Å². The number of benzene rings is 1. The van der Waals surface area contributed by atoms with Crippen molar-refractivity contribution in [1.29, 1.82) is 0 Å². The second-order valence-corrected chi connectivity index (χ2v) is 18.7. The lowest BCUT2D eigenvalue weighted by molar-refractivity contribution is 0.00689. The maximum Gasteiger partial charge on any atom is 0.264 e. The number of piperidine rings is 1. The summed E-state index contributed by atoms with van der Waals surface area (Å²) in [6.07, 6.45) is 7.34. The minimum atomic E-state index is -3.47. The maximum atomic E-state index is 11.9. The number of rotatable bonds is 7. The summed E-state index contributed by atoms with van der Waals surface area (Å²) in [6.45, 7) is 14.8. The van der Waals surface area contributed by atoms with Crippen molar-refractivity contribution in [3.63, 3.8) is 0 Å². The van der Waals surface area contributed by atoms with E-state index < -0.39 is 18.4 Å². The lowest BCUT2D eigenvalue weighted by atomic mass is 9.58. The van der Waals surface area contributed by atoms with E-state index >= 15 is 0 Å². The van der Waals surface area contributed by atoms with Gasteiger partial charge >= 0.3 is 0 Å². The largest absolute Gasteiger partial charge is 0.543 e. The van der Waals surface area contributed by atoms with E-state index in [1.165, 1.54) is 31.2 Å². The fraction of sp³-hybridized carbons (Fsp3) is 0.769. The summed E-state index contributed by atoms with van der Waals surface area (Å²) >= 11 is 0. The highest BCUT2D eigenvalue weighted by Crippen LogP contribution is 2.51. The molecule has 3 atom stereocenters. The Morgan fingerprint density at radius 2 is 1.88 bits per heavy atom. The average Bonchev–Trinajstić information content (AvgIpc) is 3.50. The monoisotopic (exact) mass is 493 g/mol. The summed E-state index contributed by atoms with van der Waals surface area (Å²) in [7, 11) is -5.41. The quantitative estimate of drug-likeness (QED) is 0.367. The molecule has 1 aliphatic heterocycles. The number of hydrogen-bond donors (Lipinski definition) is 0. The van der Waals surface area contributed by atoms with Gasteiger partial charge in [0.2, 0.25) is 8.32 Å². The topological polar surface area (TPSA) is 55.8 Å². The molecule has 0 unspecified atom stereocenters. The summed E-state index contributed by atoms with van der Waals surface area (Å²) in [5.41, 5.74) is 1.25. The van der Waals surface area contributed by atoms with Gasteiger partial charge in [0, 0.05) is 18.5 Å². The van der Waals surface area contributed by atoms with Gasteiger partial charge in [-0.2, -0.15) is 8.42 Å². The van der Waals surface area contributed by atoms with E-state index in [0.717, 1.165) is 50.4 Å². The van der Waals surface area contributed by atoms with Crippen molar-refractivity contribution in [1.82, 2.24) is 4.90 Å². The number of likely N-dealkylation sites (tertiary alicyclic amines) is 1. The van der Waals surface area contributed by atoms with Crippen molar-refractivity contribution >= 4 is 18.4 Å². The summed E-state index contributed by atoms with van der Waals surface area (Å²) in [5.74, 6) is 2.37. The van der Waals surface area contributed by atoms with Gasteiger partial charge in [-0.05, 0) is 92.7 Å². The molecular weight excluding hydrogens is 450 g/mol. The van der Waals surface area contributed by atoms with E-state index in [1.54, 1.807) is 0 Å². The molecule has 1 aromatic rings. The van der Waals surface area contributed by atoms with E-state index in [9.17, 15) is 8.42 Å². The molecule has 0 N–H and O–H groups in total. The van der Waals surface area contributed by atoms with Crippen LogP contribution in [-0.2, 0) is 19.7 Å². The molecule has 1 heterocycles. The molecule has 33 heavy (non-hydrogen) atoms. The van der Waals surface area contributed by atoms with Gasteiger partial charge in [-0.25, -0.2) is 0 Å². The van der Waals surface area contributed by atoms with Crippen LogP contribution in [0.5, 0.6) is 5.75 Å². The van der Waals surface area contributed by atoms with Crippen LogP contribution < -0.4 is 4.43 Å². The Kier molecular flexibility index (Phi) is 6.84. The third-order valence-electron chi connectivity index (χ3n) is 8.68. The first-order chi connectivity index (χ1) is 15.3. The van der Waals surface area contributed by atoms with Gasteiger partial charge in [0.25, 0.3) is 10.1 Å². The molecule has 0 spiro atoms. The Hall–Kier alpha value is -0.893. The van der Waals surface area contributed by atoms with Crippen LogP contribution in [0.25, 0.3) is 0 Å². The first kappa shape index (κ1) is 25.2. The molecule has 1 saturated heterocycles. The molecular formula is C26H43NO4SSi. The highest BCUT2D eigenvalue weighted by molar-refractivity contribution is 7.86. The van der Waals surface area contributed by atoms with Gasteiger partial charge in [-0.1, -0.05) is 32.9 Å². The molecule has 0 radical (unpaired) electrons. The molecule has 3 aliphatic rings. The Labute approximate surface area is 202 Å². The molecule has 1 aromatic carbocycles. The van der Waals surface area contributed by atoms with Crippen LogP contribution >= 0.6 is 0 Å². The predicted octanol–water partition coefficient (Wildman–Crippen LogP) is 5.57. The fourth-order valence-corrected chi connectivity index (χ4v) is 7.33. The highest BCUT2D eigenvalue weighted by Gasteiger charge is 2.49. The lowest BCUT2D eigenvalue weighted by Crippen LogP contribution is -2.54. The highest BCUT2D eigenvalue weighted by atomic mass is 32.2. The van der Waals surface area contributed by atoms with Crippen molar-refractivity contribution in [3.05, 3.63) is 29.8 Å². The van der Waals surface area contributed by atoms with Gasteiger partial charge in [0.15, 0.2) is 0 Å². The zero-order valence-corrected chi connectivity index (χ0v) is 23.2. The van der Waals surface area contributed by atoms with Crippen molar-refractivity contribution in [2.75, 3.05) is 25.9 Å². The summed E-state index contributed by atoms with van der Waals surface area (Å²) in [6, 6.07) is 8.71. The third kappa shape index (κ3) is 5.85. The molecule has 3 fully saturated rings. The summed E-state index contributed by atoms with van der Waals surface area (Å²) in [5, 5.41) is 0.136. The van der Waals surface area contributed by atoms with E-state index in [1.807, 2.05) is 0 Å². The zero-order chi connectivity index (χ0) is 24.1. The maximum absolute atomic E-state index is 11.9. The Morgan fingerprint density at radius 1 is 1.15 bits per heavy atom. The molecule has 186 valence electrons. The Morgan fingerprint density at radius 3 is 2.52 bits per heavy atom. The fourth-order valence-electron chi connectivity index (χ4n) is 5.65. The van der Waals surface area contributed by atoms with Crippen LogP contribution in [0.15, 0.2) is 24.3 Å².